The molecule has 2 rings (SSSR count). The van der Waals surface area contributed by atoms with Crippen LogP contribution < -0.4 is 10.2 Å². The molecule has 1 aromatic carbocycles. The molecule has 0 spiro atoms. The van der Waals surface area contributed by atoms with E-state index in [-0.39, 0.29) is 5.82 Å². The zero-order valence-corrected chi connectivity index (χ0v) is 11.7. The number of anilines is 1. The van der Waals surface area contributed by atoms with Gasteiger partial charge in [-0.3, -0.25) is 0 Å². The maximum absolute atomic E-state index is 13.3. The second kappa shape index (κ2) is 5.89. The van der Waals surface area contributed by atoms with Crippen LogP contribution >= 0.6 is 11.6 Å². The molecule has 0 saturated carbocycles. The summed E-state index contributed by atoms with van der Waals surface area (Å²) in [6.07, 6.45) is 1.14. The average molecular weight is 271 g/mol. The number of hydrogen-bond donors (Lipinski definition) is 1. The molecule has 100 valence electrons. The van der Waals surface area contributed by atoms with Crippen LogP contribution in [-0.4, -0.2) is 25.7 Å². The maximum atomic E-state index is 13.3. The Bertz CT molecular complexity index is 411. The lowest BCUT2D eigenvalue weighted by Gasteiger charge is -2.38. The third-order valence-corrected chi connectivity index (χ3v) is 4.10. The van der Waals surface area contributed by atoms with E-state index < -0.39 is 0 Å². The molecule has 1 aromatic rings. The minimum absolute atomic E-state index is 0.229. The van der Waals surface area contributed by atoms with Gasteiger partial charge in [-0.25, -0.2) is 4.39 Å². The Morgan fingerprint density at radius 2 is 2.33 bits per heavy atom. The van der Waals surface area contributed by atoms with E-state index in [4.69, 9.17) is 11.6 Å². The molecule has 18 heavy (non-hydrogen) atoms. The molecule has 2 unspecified atom stereocenters. The van der Waals surface area contributed by atoms with Gasteiger partial charge in [0.2, 0.25) is 0 Å². The Morgan fingerprint density at radius 1 is 1.56 bits per heavy atom. The quantitative estimate of drug-likeness (QED) is 0.907. The molecule has 1 N–H and O–H groups in total. The van der Waals surface area contributed by atoms with Crippen LogP contribution in [0, 0.1) is 11.7 Å². The molecule has 1 heterocycles. The lowest BCUT2D eigenvalue weighted by molar-refractivity contribution is 0.341. The molecule has 2 nitrogen and oxygen atoms in total. The predicted octanol–water partition coefficient (Wildman–Crippen LogP) is 3.30. The van der Waals surface area contributed by atoms with Crippen molar-refractivity contribution in [3.63, 3.8) is 0 Å². The Morgan fingerprint density at radius 3 is 3.06 bits per heavy atom. The van der Waals surface area contributed by atoms with E-state index in [9.17, 15) is 4.39 Å². The fraction of sp³-hybridized carbons (Fsp3) is 0.571. The van der Waals surface area contributed by atoms with Gasteiger partial charge in [0.25, 0.3) is 0 Å². The smallest absolute Gasteiger partial charge is 0.125 e. The zero-order valence-electron chi connectivity index (χ0n) is 10.9. The summed E-state index contributed by atoms with van der Waals surface area (Å²) in [5.41, 5.74) is 0.812. The Kier molecular flexibility index (Phi) is 4.46. The minimum Gasteiger partial charge on any atom is -0.367 e. The fourth-order valence-corrected chi connectivity index (χ4v) is 2.63. The zero-order chi connectivity index (χ0) is 13.1. The first-order valence-corrected chi connectivity index (χ1v) is 6.93. The van der Waals surface area contributed by atoms with E-state index in [1.165, 1.54) is 12.1 Å². The number of nitrogens with zero attached hydrogens (tertiary/aromatic N) is 1. The number of hydrogen-bond acceptors (Lipinski definition) is 2. The molecule has 1 aliphatic heterocycles. The van der Waals surface area contributed by atoms with Crippen molar-refractivity contribution < 1.29 is 4.39 Å². The lowest BCUT2D eigenvalue weighted by atomic mass is 9.97. The van der Waals surface area contributed by atoms with Gasteiger partial charge in [-0.2, -0.15) is 0 Å². The molecule has 0 bridgehead atoms. The summed E-state index contributed by atoms with van der Waals surface area (Å²) in [5.74, 6) is 0.383. The van der Waals surface area contributed by atoms with Gasteiger partial charge in [0, 0.05) is 25.7 Å². The van der Waals surface area contributed by atoms with Gasteiger partial charge in [-0.15, -0.1) is 0 Å². The molecule has 4 heteroatoms. The van der Waals surface area contributed by atoms with Crippen molar-refractivity contribution in [1.82, 2.24) is 5.32 Å². The fourth-order valence-electron chi connectivity index (χ4n) is 2.39. The number of benzene rings is 1. The highest BCUT2D eigenvalue weighted by molar-refractivity contribution is 6.33. The normalized spacial score (nSPS) is 22.0. The highest BCUT2D eigenvalue weighted by Crippen LogP contribution is 2.28. The van der Waals surface area contributed by atoms with Crippen molar-refractivity contribution in [2.24, 2.45) is 5.92 Å². The van der Waals surface area contributed by atoms with Gasteiger partial charge in [0.15, 0.2) is 0 Å². The molecule has 1 fully saturated rings. The van der Waals surface area contributed by atoms with Crippen molar-refractivity contribution in [2.45, 2.75) is 26.3 Å². The molecular formula is C14H20ClFN2. The molecule has 0 aliphatic carbocycles. The molecule has 0 amide bonds. The van der Waals surface area contributed by atoms with Crippen LogP contribution in [0.2, 0.25) is 5.02 Å². The third kappa shape index (κ3) is 2.96. The van der Waals surface area contributed by atoms with Gasteiger partial charge in [-0.1, -0.05) is 31.9 Å². The van der Waals surface area contributed by atoms with Crippen molar-refractivity contribution in [1.29, 1.82) is 0 Å². The highest BCUT2D eigenvalue weighted by atomic mass is 35.5. The second-order valence-corrected chi connectivity index (χ2v) is 5.40. The van der Waals surface area contributed by atoms with Crippen molar-refractivity contribution in [2.75, 3.05) is 24.5 Å². The SMILES string of the molecule is CCC(C)C1CN(c2cc(F)ccc2Cl)CCN1. The average Bonchev–Trinajstić information content (AvgIpc) is 2.40. The van der Waals surface area contributed by atoms with Crippen LogP contribution in [0.15, 0.2) is 18.2 Å². The van der Waals surface area contributed by atoms with Gasteiger partial charge in [-0.05, 0) is 24.1 Å². The van der Waals surface area contributed by atoms with E-state index in [0.29, 0.717) is 17.0 Å². The topological polar surface area (TPSA) is 15.3 Å². The first-order chi connectivity index (χ1) is 8.61. The van der Waals surface area contributed by atoms with E-state index in [0.717, 1.165) is 31.7 Å². The standard InChI is InChI=1S/C14H20ClFN2/c1-3-10(2)13-9-18(7-6-17-13)14-8-11(16)4-5-12(14)15/h4-5,8,10,13,17H,3,6-7,9H2,1-2H3. The maximum Gasteiger partial charge on any atom is 0.125 e. The molecule has 1 aliphatic rings. The molecular weight excluding hydrogens is 251 g/mol. The van der Waals surface area contributed by atoms with Crippen LogP contribution in [0.4, 0.5) is 10.1 Å². The summed E-state index contributed by atoms with van der Waals surface area (Å²) in [5, 5.41) is 4.15. The van der Waals surface area contributed by atoms with Crippen LogP contribution in [0.5, 0.6) is 0 Å². The monoisotopic (exact) mass is 270 g/mol. The summed E-state index contributed by atoms with van der Waals surface area (Å²) in [6.45, 7) is 7.12. The van der Waals surface area contributed by atoms with E-state index >= 15 is 0 Å². The summed E-state index contributed by atoms with van der Waals surface area (Å²) < 4.78 is 13.3. The van der Waals surface area contributed by atoms with Crippen LogP contribution in [0.25, 0.3) is 0 Å². The largest absolute Gasteiger partial charge is 0.367 e. The molecule has 2 atom stereocenters. The first kappa shape index (κ1) is 13.6. The van der Waals surface area contributed by atoms with Crippen LogP contribution in [0.1, 0.15) is 20.3 Å². The van der Waals surface area contributed by atoms with E-state index in [1.807, 2.05) is 0 Å². The van der Waals surface area contributed by atoms with E-state index in [1.54, 1.807) is 6.07 Å². The minimum atomic E-state index is -0.229. The Labute approximate surface area is 113 Å². The summed E-state index contributed by atoms with van der Waals surface area (Å²) in [6, 6.07) is 5.01. The summed E-state index contributed by atoms with van der Waals surface area (Å²) >= 11 is 6.16. The number of piperazine rings is 1. The summed E-state index contributed by atoms with van der Waals surface area (Å²) in [4.78, 5) is 2.18. The Hall–Kier alpha value is -0.800. The third-order valence-electron chi connectivity index (χ3n) is 3.79. The van der Waals surface area contributed by atoms with Crippen molar-refractivity contribution >= 4 is 17.3 Å². The second-order valence-electron chi connectivity index (χ2n) is 4.99. The molecule has 0 aromatic heterocycles. The van der Waals surface area contributed by atoms with Gasteiger partial charge in [0.05, 0.1) is 10.7 Å². The summed E-state index contributed by atoms with van der Waals surface area (Å²) in [7, 11) is 0. The molecule has 0 radical (unpaired) electrons. The number of nitrogens with one attached hydrogen (secondary N) is 1. The number of halogens is 2. The van der Waals surface area contributed by atoms with Crippen molar-refractivity contribution in [3.05, 3.63) is 29.0 Å². The number of rotatable bonds is 3. The van der Waals surface area contributed by atoms with Crippen molar-refractivity contribution in [3.8, 4) is 0 Å². The highest BCUT2D eigenvalue weighted by Gasteiger charge is 2.24. The predicted molar refractivity (Wildman–Crippen MR) is 74.9 cm³/mol. The van der Waals surface area contributed by atoms with Crippen LogP contribution in [-0.2, 0) is 0 Å². The van der Waals surface area contributed by atoms with Gasteiger partial charge in [0.1, 0.15) is 5.82 Å². The van der Waals surface area contributed by atoms with Crippen LogP contribution in [0.3, 0.4) is 0 Å². The van der Waals surface area contributed by atoms with E-state index in [2.05, 4.69) is 24.1 Å². The molecule has 1 saturated heterocycles. The lowest BCUT2D eigenvalue weighted by Crippen LogP contribution is -2.53. The van der Waals surface area contributed by atoms with Gasteiger partial charge < -0.3 is 10.2 Å². The van der Waals surface area contributed by atoms with Gasteiger partial charge >= 0.3 is 0 Å². The Balaban J connectivity index is 2.15. The first-order valence-electron chi connectivity index (χ1n) is 6.55.